The fraction of sp³-hybridized carbons (Fsp3) is 0.400. The average molecular weight is 501 g/mol. The molecule has 2 aromatic heterocycles. The molecule has 186 valence electrons. The van der Waals surface area contributed by atoms with Crippen LogP contribution in [-0.2, 0) is 11.2 Å². The minimum absolute atomic E-state index is 0.143. The number of aromatic nitrogens is 2. The van der Waals surface area contributed by atoms with Gasteiger partial charge in [-0.1, -0.05) is 23.7 Å². The molecule has 1 atom stereocenters. The van der Waals surface area contributed by atoms with Gasteiger partial charge >= 0.3 is 0 Å². The maximum Gasteiger partial charge on any atom is 0.268 e. The zero-order chi connectivity index (χ0) is 24.9. The van der Waals surface area contributed by atoms with Gasteiger partial charge in [-0.3, -0.25) is 14.5 Å². The molecule has 0 saturated carbocycles. The summed E-state index contributed by atoms with van der Waals surface area (Å²) in [6.45, 7) is 4.67. The van der Waals surface area contributed by atoms with Crippen LogP contribution in [0.1, 0.15) is 16.1 Å². The van der Waals surface area contributed by atoms with E-state index in [9.17, 15) is 14.0 Å². The molecular weight excluding hydrogens is 471 g/mol. The summed E-state index contributed by atoms with van der Waals surface area (Å²) in [6.07, 6.45) is 1.82. The van der Waals surface area contributed by atoms with Crippen LogP contribution in [0.2, 0.25) is 5.15 Å². The number of carbonyl (C=O) groups is 2. The van der Waals surface area contributed by atoms with E-state index in [2.05, 4.69) is 25.1 Å². The number of benzene rings is 1. The summed E-state index contributed by atoms with van der Waals surface area (Å²) in [6, 6.07) is 8.56. The molecule has 3 heterocycles. The minimum atomic E-state index is -0.783. The number of nitrogens with one attached hydrogen (secondary N) is 2. The Morgan fingerprint density at radius 2 is 1.89 bits per heavy atom. The van der Waals surface area contributed by atoms with Crippen LogP contribution in [0.25, 0.3) is 10.9 Å². The fourth-order valence-corrected chi connectivity index (χ4v) is 4.34. The van der Waals surface area contributed by atoms with Crippen LogP contribution in [0.3, 0.4) is 0 Å². The number of pyridine rings is 1. The standard InChI is InChI=1S/C25H30ClFN6O2/c1-31(2)7-8-32-9-11-33(12-10-32)25(35)21(13-17-3-5-19(27)6-4-17)30-24(34)20-14-18-15-23(26)28-16-22(18)29-20/h3-6,14-16,21,29H,7-13H2,1-2H3,(H,30,34)/t21-/m0/s1. The quantitative estimate of drug-likeness (QED) is 0.464. The van der Waals surface area contributed by atoms with Crippen molar-refractivity contribution in [3.8, 4) is 0 Å². The molecule has 8 nitrogen and oxygen atoms in total. The Morgan fingerprint density at radius 1 is 1.17 bits per heavy atom. The summed E-state index contributed by atoms with van der Waals surface area (Å²) in [5, 5.41) is 3.98. The molecule has 1 aliphatic heterocycles. The number of piperazine rings is 1. The Balaban J connectivity index is 1.47. The van der Waals surface area contributed by atoms with Crippen molar-refractivity contribution in [1.82, 2.24) is 30.0 Å². The molecule has 0 aliphatic carbocycles. The Hall–Kier alpha value is -3.01. The van der Waals surface area contributed by atoms with Gasteiger partial charge < -0.3 is 20.1 Å². The van der Waals surface area contributed by atoms with Crippen LogP contribution in [0.4, 0.5) is 4.39 Å². The first kappa shape index (κ1) is 25.1. The first-order valence-corrected chi connectivity index (χ1v) is 12.0. The zero-order valence-corrected chi connectivity index (χ0v) is 20.7. The smallest absolute Gasteiger partial charge is 0.268 e. The molecule has 1 aromatic carbocycles. The highest BCUT2D eigenvalue weighted by Crippen LogP contribution is 2.18. The third-order valence-corrected chi connectivity index (χ3v) is 6.43. The van der Waals surface area contributed by atoms with Crippen molar-refractivity contribution >= 4 is 34.3 Å². The Kier molecular flexibility index (Phi) is 8.00. The lowest BCUT2D eigenvalue weighted by Gasteiger charge is -2.37. The zero-order valence-electron chi connectivity index (χ0n) is 19.9. The maximum atomic E-state index is 13.5. The van der Waals surface area contributed by atoms with E-state index in [0.29, 0.717) is 29.5 Å². The number of rotatable bonds is 8. The van der Waals surface area contributed by atoms with Crippen molar-refractivity contribution in [2.24, 2.45) is 0 Å². The van der Waals surface area contributed by atoms with E-state index in [1.165, 1.54) is 12.1 Å². The lowest BCUT2D eigenvalue weighted by Crippen LogP contribution is -2.56. The van der Waals surface area contributed by atoms with E-state index in [1.54, 1.807) is 35.4 Å². The first-order valence-electron chi connectivity index (χ1n) is 11.6. The summed E-state index contributed by atoms with van der Waals surface area (Å²) in [7, 11) is 4.08. The van der Waals surface area contributed by atoms with Crippen molar-refractivity contribution in [3.05, 3.63) is 64.8 Å². The van der Waals surface area contributed by atoms with Crippen LogP contribution in [0.5, 0.6) is 0 Å². The number of H-pyrrole nitrogens is 1. The second-order valence-corrected chi connectivity index (χ2v) is 9.49. The maximum absolute atomic E-state index is 13.5. The highest BCUT2D eigenvalue weighted by Gasteiger charge is 2.29. The number of fused-ring (bicyclic) bond motifs is 1. The lowest BCUT2D eigenvalue weighted by atomic mass is 10.0. The number of aromatic amines is 1. The van der Waals surface area contributed by atoms with Gasteiger partial charge in [0.05, 0.1) is 11.7 Å². The number of likely N-dealkylation sites (N-methyl/N-ethyl adjacent to an activating group) is 1. The first-order chi connectivity index (χ1) is 16.8. The molecule has 3 aromatic rings. The molecule has 2 amide bonds. The predicted molar refractivity (Wildman–Crippen MR) is 134 cm³/mol. The number of amides is 2. The van der Waals surface area contributed by atoms with Crippen molar-refractivity contribution in [2.75, 3.05) is 53.4 Å². The van der Waals surface area contributed by atoms with Gasteiger partial charge in [-0.2, -0.15) is 0 Å². The molecule has 0 bridgehead atoms. The normalized spacial score (nSPS) is 15.5. The summed E-state index contributed by atoms with van der Waals surface area (Å²) in [4.78, 5) is 39.9. The van der Waals surface area contributed by atoms with Gasteiger partial charge in [-0.25, -0.2) is 9.37 Å². The third kappa shape index (κ3) is 6.56. The summed E-state index contributed by atoms with van der Waals surface area (Å²) >= 11 is 5.96. The SMILES string of the molecule is CN(C)CCN1CCN(C(=O)[C@H](Cc2ccc(F)cc2)NC(=O)c2cc3cc(Cl)ncc3[nH]2)CC1. The molecule has 2 N–H and O–H groups in total. The fourth-order valence-electron chi connectivity index (χ4n) is 4.17. The molecule has 35 heavy (non-hydrogen) atoms. The third-order valence-electron chi connectivity index (χ3n) is 6.22. The minimum Gasteiger partial charge on any atom is -0.349 e. The van der Waals surface area contributed by atoms with Gasteiger partial charge in [-0.05, 0) is 43.9 Å². The predicted octanol–water partition coefficient (Wildman–Crippen LogP) is 2.40. The Morgan fingerprint density at radius 3 is 2.57 bits per heavy atom. The van der Waals surface area contributed by atoms with Gasteiger partial charge in [0.25, 0.3) is 5.91 Å². The van der Waals surface area contributed by atoms with E-state index in [4.69, 9.17) is 11.6 Å². The van der Waals surface area contributed by atoms with Crippen molar-refractivity contribution in [1.29, 1.82) is 0 Å². The summed E-state index contributed by atoms with van der Waals surface area (Å²) in [5.41, 5.74) is 1.76. The van der Waals surface area contributed by atoms with E-state index in [-0.39, 0.29) is 18.1 Å². The van der Waals surface area contributed by atoms with Crippen LogP contribution in [0, 0.1) is 5.82 Å². The average Bonchev–Trinajstić information content (AvgIpc) is 3.27. The van der Waals surface area contributed by atoms with E-state index in [0.717, 1.165) is 37.1 Å². The molecule has 4 rings (SSSR count). The largest absolute Gasteiger partial charge is 0.349 e. The second-order valence-electron chi connectivity index (χ2n) is 9.10. The molecule has 0 radical (unpaired) electrons. The highest BCUT2D eigenvalue weighted by atomic mass is 35.5. The van der Waals surface area contributed by atoms with Gasteiger partial charge in [0.1, 0.15) is 22.7 Å². The van der Waals surface area contributed by atoms with E-state index in [1.807, 2.05) is 14.1 Å². The molecule has 1 saturated heterocycles. The highest BCUT2D eigenvalue weighted by molar-refractivity contribution is 6.30. The molecule has 1 fully saturated rings. The summed E-state index contributed by atoms with van der Waals surface area (Å²) < 4.78 is 13.4. The van der Waals surface area contributed by atoms with Crippen molar-refractivity contribution in [2.45, 2.75) is 12.5 Å². The van der Waals surface area contributed by atoms with Gasteiger partial charge in [0.15, 0.2) is 0 Å². The number of halogens is 2. The van der Waals surface area contributed by atoms with Gasteiger partial charge in [-0.15, -0.1) is 0 Å². The molecular formula is C25H30ClFN6O2. The van der Waals surface area contributed by atoms with Crippen molar-refractivity contribution in [3.63, 3.8) is 0 Å². The molecule has 1 aliphatic rings. The molecule has 0 unspecified atom stereocenters. The Labute approximate surface area is 209 Å². The van der Waals surface area contributed by atoms with Gasteiger partial charge in [0.2, 0.25) is 5.91 Å². The van der Waals surface area contributed by atoms with E-state index < -0.39 is 11.9 Å². The number of hydrogen-bond donors (Lipinski definition) is 2. The lowest BCUT2D eigenvalue weighted by molar-refractivity contribution is -0.135. The van der Waals surface area contributed by atoms with Crippen LogP contribution < -0.4 is 5.32 Å². The van der Waals surface area contributed by atoms with E-state index >= 15 is 0 Å². The topological polar surface area (TPSA) is 84.6 Å². The summed E-state index contributed by atoms with van der Waals surface area (Å²) in [5.74, 6) is -0.891. The van der Waals surface area contributed by atoms with Gasteiger partial charge in [0, 0.05) is 51.1 Å². The number of nitrogens with zero attached hydrogens (tertiary/aromatic N) is 4. The van der Waals surface area contributed by atoms with Crippen LogP contribution >= 0.6 is 11.6 Å². The Bertz CT molecular complexity index is 1170. The number of carbonyl (C=O) groups excluding carboxylic acids is 2. The molecule has 10 heteroatoms. The number of hydrogen-bond acceptors (Lipinski definition) is 5. The van der Waals surface area contributed by atoms with Crippen LogP contribution in [0.15, 0.2) is 42.6 Å². The second kappa shape index (κ2) is 11.2. The molecule has 0 spiro atoms. The van der Waals surface area contributed by atoms with Crippen LogP contribution in [-0.4, -0.2) is 95.9 Å². The monoisotopic (exact) mass is 500 g/mol. The van der Waals surface area contributed by atoms with Crippen molar-refractivity contribution < 1.29 is 14.0 Å².